The Kier molecular flexibility index (Phi) is 3.86. The minimum Gasteiger partial charge on any atom is -0.368 e. The van der Waals surface area contributed by atoms with Gasteiger partial charge in [0.2, 0.25) is 5.91 Å². The summed E-state index contributed by atoms with van der Waals surface area (Å²) in [5.41, 5.74) is 4.08. The Hall–Kier alpha value is -0.640. The number of nitrogens with one attached hydrogen (secondary N) is 1. The number of carbonyl (C=O) groups is 1. The van der Waals surface area contributed by atoms with Crippen LogP contribution < -0.4 is 11.1 Å². The number of primary amides is 1. The van der Waals surface area contributed by atoms with Crippen LogP contribution in [0.5, 0.6) is 0 Å². The topological polar surface area (TPSA) is 55.1 Å². The summed E-state index contributed by atoms with van der Waals surface area (Å²) in [7, 11) is 0. The number of carbonyl (C=O) groups excluding carboxylic acids is 1. The number of hydrogen-bond donors (Lipinski definition) is 2. The van der Waals surface area contributed by atoms with Crippen LogP contribution in [-0.2, 0) is 4.79 Å². The maximum Gasteiger partial charge on any atom is 0.234 e. The van der Waals surface area contributed by atoms with Gasteiger partial charge in [-0.15, -0.1) is 0 Å². The fraction of sp³-hybridized carbons (Fsp3) is 0.900. The molecule has 1 fully saturated rings. The molecule has 0 bridgehead atoms. The first kappa shape index (κ1) is 11.4. The summed E-state index contributed by atoms with van der Waals surface area (Å²) in [6, 6.07) is -0.343. The Morgan fingerprint density at radius 1 is 1.64 bits per heavy atom. The number of nitrogens with two attached hydrogens (primary N) is 1. The van der Waals surface area contributed by atoms with Gasteiger partial charge >= 0.3 is 0 Å². The Balaban J connectivity index is 2.51. The van der Waals surface area contributed by atoms with Crippen LogP contribution in [0.1, 0.15) is 39.0 Å². The molecule has 4 heteroatoms. The zero-order chi connectivity index (χ0) is 10.6. The third kappa shape index (κ3) is 2.94. The van der Waals surface area contributed by atoms with Crippen LogP contribution >= 0.6 is 0 Å². The summed E-state index contributed by atoms with van der Waals surface area (Å²) in [5, 5.41) is 2.98. The van der Waals surface area contributed by atoms with Crippen LogP contribution in [0.2, 0.25) is 0 Å². The molecule has 0 saturated carbocycles. The monoisotopic (exact) mass is 202 g/mol. The first-order valence-electron chi connectivity index (χ1n) is 5.29. The van der Waals surface area contributed by atoms with E-state index < -0.39 is 5.67 Å². The molecule has 14 heavy (non-hydrogen) atoms. The van der Waals surface area contributed by atoms with E-state index in [-0.39, 0.29) is 11.9 Å². The van der Waals surface area contributed by atoms with E-state index >= 15 is 0 Å². The van der Waals surface area contributed by atoms with Crippen LogP contribution in [-0.4, -0.2) is 24.2 Å². The van der Waals surface area contributed by atoms with E-state index in [0.29, 0.717) is 32.2 Å². The molecule has 2 atom stereocenters. The molecule has 2 unspecified atom stereocenters. The van der Waals surface area contributed by atoms with Gasteiger partial charge in [-0.1, -0.05) is 13.3 Å². The van der Waals surface area contributed by atoms with Crippen molar-refractivity contribution in [3.63, 3.8) is 0 Å². The number of alkyl halides is 1. The van der Waals surface area contributed by atoms with Gasteiger partial charge in [-0.3, -0.25) is 4.79 Å². The summed E-state index contributed by atoms with van der Waals surface area (Å²) >= 11 is 0. The highest BCUT2D eigenvalue weighted by atomic mass is 19.1. The molecule has 0 radical (unpaired) electrons. The highest BCUT2D eigenvalue weighted by Crippen LogP contribution is 2.30. The number of amides is 1. The molecule has 0 aromatic heterocycles. The molecule has 1 aliphatic rings. The van der Waals surface area contributed by atoms with Gasteiger partial charge < -0.3 is 11.1 Å². The van der Waals surface area contributed by atoms with E-state index in [4.69, 9.17) is 5.73 Å². The Labute approximate surface area is 84.2 Å². The van der Waals surface area contributed by atoms with E-state index in [2.05, 4.69) is 5.32 Å². The first-order valence-corrected chi connectivity index (χ1v) is 5.29. The summed E-state index contributed by atoms with van der Waals surface area (Å²) < 4.78 is 14.1. The van der Waals surface area contributed by atoms with Gasteiger partial charge in [0.25, 0.3) is 0 Å². The van der Waals surface area contributed by atoms with Gasteiger partial charge in [0, 0.05) is 0 Å². The fourth-order valence-corrected chi connectivity index (χ4v) is 2.04. The standard InChI is InChI=1S/C10H19FN2O/c1-2-4-10(11)5-3-8(9(12)14)13-7-6-10/h8,13H,2-7H2,1H3,(H2,12,14). The van der Waals surface area contributed by atoms with Gasteiger partial charge in [0.15, 0.2) is 0 Å². The lowest BCUT2D eigenvalue weighted by Crippen LogP contribution is -2.40. The van der Waals surface area contributed by atoms with Crippen LogP contribution in [0.15, 0.2) is 0 Å². The predicted octanol–water partition coefficient (Wildman–Crippen LogP) is 1.12. The van der Waals surface area contributed by atoms with E-state index in [0.717, 1.165) is 6.42 Å². The van der Waals surface area contributed by atoms with Gasteiger partial charge in [-0.2, -0.15) is 0 Å². The Morgan fingerprint density at radius 2 is 2.36 bits per heavy atom. The second-order valence-electron chi connectivity index (χ2n) is 4.10. The molecule has 1 amide bonds. The molecule has 0 aromatic rings. The molecule has 1 saturated heterocycles. The zero-order valence-corrected chi connectivity index (χ0v) is 8.68. The lowest BCUT2D eigenvalue weighted by atomic mass is 9.91. The lowest BCUT2D eigenvalue weighted by molar-refractivity contribution is -0.120. The van der Waals surface area contributed by atoms with Gasteiger partial charge in [-0.25, -0.2) is 4.39 Å². The van der Waals surface area contributed by atoms with Crippen molar-refractivity contribution < 1.29 is 9.18 Å². The van der Waals surface area contributed by atoms with E-state index in [1.807, 2.05) is 6.92 Å². The minimum atomic E-state index is -1.09. The number of rotatable bonds is 3. The third-order valence-corrected chi connectivity index (χ3v) is 2.89. The van der Waals surface area contributed by atoms with Crippen LogP contribution in [0.3, 0.4) is 0 Å². The SMILES string of the molecule is CCCC1(F)CCNC(C(N)=O)CC1. The second-order valence-corrected chi connectivity index (χ2v) is 4.10. The highest BCUT2D eigenvalue weighted by Gasteiger charge is 2.33. The van der Waals surface area contributed by atoms with Crippen molar-refractivity contribution in [3.05, 3.63) is 0 Å². The van der Waals surface area contributed by atoms with E-state index in [9.17, 15) is 9.18 Å². The van der Waals surface area contributed by atoms with Crippen molar-refractivity contribution in [2.75, 3.05) is 6.54 Å². The Morgan fingerprint density at radius 3 is 2.93 bits per heavy atom. The van der Waals surface area contributed by atoms with Crippen molar-refractivity contribution in [2.24, 2.45) is 5.73 Å². The van der Waals surface area contributed by atoms with Crippen molar-refractivity contribution in [3.8, 4) is 0 Å². The summed E-state index contributed by atoms with van der Waals surface area (Å²) in [6.07, 6.45) is 2.88. The zero-order valence-electron chi connectivity index (χ0n) is 8.68. The second kappa shape index (κ2) is 4.73. The van der Waals surface area contributed by atoms with Gasteiger partial charge in [-0.05, 0) is 32.2 Å². The van der Waals surface area contributed by atoms with Crippen LogP contribution in [0.4, 0.5) is 4.39 Å². The molecule has 0 aliphatic carbocycles. The Bertz CT molecular complexity index is 210. The van der Waals surface area contributed by atoms with Crippen molar-refractivity contribution in [2.45, 2.75) is 50.7 Å². The molecular formula is C10H19FN2O. The molecule has 3 N–H and O–H groups in total. The quantitative estimate of drug-likeness (QED) is 0.720. The van der Waals surface area contributed by atoms with Crippen molar-refractivity contribution in [1.29, 1.82) is 0 Å². The lowest BCUT2D eigenvalue weighted by Gasteiger charge is -2.22. The van der Waals surface area contributed by atoms with E-state index in [1.54, 1.807) is 0 Å². The smallest absolute Gasteiger partial charge is 0.234 e. The maximum absolute atomic E-state index is 14.1. The molecule has 1 aliphatic heterocycles. The highest BCUT2D eigenvalue weighted by molar-refractivity contribution is 5.79. The molecule has 0 spiro atoms. The summed E-state index contributed by atoms with van der Waals surface area (Å²) in [5.74, 6) is -0.370. The average Bonchev–Trinajstić information content (AvgIpc) is 2.28. The normalized spacial score (nSPS) is 33.7. The fourth-order valence-electron chi connectivity index (χ4n) is 2.04. The molecule has 0 aromatic carbocycles. The predicted molar refractivity (Wildman–Crippen MR) is 53.6 cm³/mol. The summed E-state index contributed by atoms with van der Waals surface area (Å²) in [4.78, 5) is 10.9. The third-order valence-electron chi connectivity index (χ3n) is 2.89. The van der Waals surface area contributed by atoms with Crippen LogP contribution in [0.25, 0.3) is 0 Å². The minimum absolute atomic E-state index is 0.343. The van der Waals surface area contributed by atoms with Crippen LogP contribution in [0, 0.1) is 0 Å². The number of halogens is 1. The average molecular weight is 202 g/mol. The van der Waals surface area contributed by atoms with Gasteiger partial charge in [0.05, 0.1) is 6.04 Å². The molecule has 82 valence electrons. The van der Waals surface area contributed by atoms with Gasteiger partial charge in [0.1, 0.15) is 5.67 Å². The number of hydrogen-bond acceptors (Lipinski definition) is 2. The summed E-state index contributed by atoms with van der Waals surface area (Å²) in [6.45, 7) is 2.52. The maximum atomic E-state index is 14.1. The molecule has 1 heterocycles. The van der Waals surface area contributed by atoms with Crippen molar-refractivity contribution >= 4 is 5.91 Å². The molecule has 3 nitrogen and oxygen atoms in total. The first-order chi connectivity index (χ1) is 6.57. The molecular weight excluding hydrogens is 183 g/mol. The van der Waals surface area contributed by atoms with Crippen molar-refractivity contribution in [1.82, 2.24) is 5.32 Å². The largest absolute Gasteiger partial charge is 0.368 e. The van der Waals surface area contributed by atoms with E-state index in [1.165, 1.54) is 0 Å². The molecule has 1 rings (SSSR count).